The monoisotopic (exact) mass is 251 g/mol. The number of carbonyl (C=O) groups is 1. The predicted molar refractivity (Wildman–Crippen MR) is 68.2 cm³/mol. The van der Waals surface area contributed by atoms with E-state index in [1.54, 1.807) is 10.9 Å². The molecule has 2 rings (SSSR count). The molecule has 5 nitrogen and oxygen atoms in total. The molecule has 1 fully saturated rings. The second kappa shape index (κ2) is 5.10. The molecule has 1 unspecified atom stereocenters. The summed E-state index contributed by atoms with van der Waals surface area (Å²) in [5.74, 6) is -0.204. The van der Waals surface area contributed by atoms with Crippen molar-refractivity contribution in [3.8, 4) is 0 Å². The number of ether oxygens (including phenoxy) is 1. The fourth-order valence-electron chi connectivity index (χ4n) is 2.02. The summed E-state index contributed by atoms with van der Waals surface area (Å²) in [7, 11) is 0. The van der Waals surface area contributed by atoms with Crippen LogP contribution in [0.3, 0.4) is 0 Å². The number of rotatable bonds is 6. The first-order valence-electron chi connectivity index (χ1n) is 6.47. The van der Waals surface area contributed by atoms with Crippen LogP contribution in [0.5, 0.6) is 0 Å². The Morgan fingerprint density at radius 3 is 2.89 bits per heavy atom. The van der Waals surface area contributed by atoms with Crippen molar-refractivity contribution in [2.24, 2.45) is 0 Å². The minimum Gasteiger partial charge on any atom is -0.465 e. The minimum absolute atomic E-state index is 0.204. The lowest BCUT2D eigenvalue weighted by Crippen LogP contribution is -2.54. The standard InChI is InChI=1S/C13H21N3O2/c1-4-18-12(17)13(3,15-11-5-6-11)9-16-8-10(2)7-14-16/h7-8,11,15H,4-6,9H2,1-3H3. The van der Waals surface area contributed by atoms with Crippen molar-refractivity contribution < 1.29 is 9.53 Å². The Morgan fingerprint density at radius 2 is 2.39 bits per heavy atom. The fraction of sp³-hybridized carbons (Fsp3) is 0.692. The van der Waals surface area contributed by atoms with Crippen LogP contribution in [0.2, 0.25) is 0 Å². The Kier molecular flexibility index (Phi) is 3.71. The molecule has 0 aromatic carbocycles. The fourth-order valence-corrected chi connectivity index (χ4v) is 2.02. The molecule has 18 heavy (non-hydrogen) atoms. The summed E-state index contributed by atoms with van der Waals surface area (Å²) < 4.78 is 6.97. The van der Waals surface area contributed by atoms with Gasteiger partial charge in [0, 0.05) is 12.2 Å². The van der Waals surface area contributed by atoms with E-state index >= 15 is 0 Å². The van der Waals surface area contributed by atoms with E-state index in [9.17, 15) is 4.79 Å². The van der Waals surface area contributed by atoms with Crippen molar-refractivity contribution >= 4 is 5.97 Å². The van der Waals surface area contributed by atoms with Crippen molar-refractivity contribution in [3.05, 3.63) is 18.0 Å². The first-order chi connectivity index (χ1) is 8.53. The number of hydrogen-bond acceptors (Lipinski definition) is 4. The van der Waals surface area contributed by atoms with Crippen LogP contribution in [0.25, 0.3) is 0 Å². The number of esters is 1. The quantitative estimate of drug-likeness (QED) is 0.773. The van der Waals surface area contributed by atoms with Crippen molar-refractivity contribution in [1.82, 2.24) is 15.1 Å². The van der Waals surface area contributed by atoms with Crippen LogP contribution in [0.15, 0.2) is 12.4 Å². The molecular formula is C13H21N3O2. The molecule has 0 spiro atoms. The van der Waals surface area contributed by atoms with Gasteiger partial charge in [0.05, 0.1) is 19.3 Å². The van der Waals surface area contributed by atoms with E-state index in [1.807, 2.05) is 27.0 Å². The van der Waals surface area contributed by atoms with Crippen molar-refractivity contribution in [2.75, 3.05) is 6.61 Å². The van der Waals surface area contributed by atoms with Crippen LogP contribution in [0.1, 0.15) is 32.3 Å². The first kappa shape index (κ1) is 13.1. The topological polar surface area (TPSA) is 56.2 Å². The van der Waals surface area contributed by atoms with Gasteiger partial charge in [0.1, 0.15) is 5.54 Å². The van der Waals surface area contributed by atoms with E-state index in [4.69, 9.17) is 4.74 Å². The summed E-state index contributed by atoms with van der Waals surface area (Å²) >= 11 is 0. The summed E-state index contributed by atoms with van der Waals surface area (Å²) in [6.07, 6.45) is 6.00. The number of aromatic nitrogens is 2. The molecule has 0 bridgehead atoms. The SMILES string of the molecule is CCOC(=O)C(C)(Cn1cc(C)cn1)NC1CC1. The Labute approximate surface area is 108 Å². The van der Waals surface area contributed by atoms with Gasteiger partial charge in [0.2, 0.25) is 0 Å². The Morgan fingerprint density at radius 1 is 1.67 bits per heavy atom. The third kappa shape index (κ3) is 3.10. The summed E-state index contributed by atoms with van der Waals surface area (Å²) in [4.78, 5) is 12.1. The molecule has 1 aromatic heterocycles. The molecular weight excluding hydrogens is 230 g/mol. The number of carbonyl (C=O) groups excluding carboxylic acids is 1. The molecule has 0 amide bonds. The molecule has 0 saturated heterocycles. The number of hydrogen-bond donors (Lipinski definition) is 1. The first-order valence-corrected chi connectivity index (χ1v) is 6.47. The molecule has 1 saturated carbocycles. The Balaban J connectivity index is 2.09. The lowest BCUT2D eigenvalue weighted by Gasteiger charge is -2.28. The summed E-state index contributed by atoms with van der Waals surface area (Å²) in [5.41, 5.74) is 0.392. The third-order valence-electron chi connectivity index (χ3n) is 3.07. The maximum atomic E-state index is 12.1. The number of nitrogens with zero attached hydrogens (tertiary/aromatic N) is 2. The Bertz CT molecular complexity index is 426. The highest BCUT2D eigenvalue weighted by molar-refractivity contribution is 5.80. The van der Waals surface area contributed by atoms with Crippen LogP contribution in [0.4, 0.5) is 0 Å². The zero-order valence-corrected chi connectivity index (χ0v) is 11.3. The predicted octanol–water partition coefficient (Wildman–Crippen LogP) is 1.27. The van der Waals surface area contributed by atoms with Crippen LogP contribution in [-0.4, -0.2) is 33.9 Å². The summed E-state index contributed by atoms with van der Waals surface area (Å²) in [5, 5.41) is 7.61. The van der Waals surface area contributed by atoms with E-state index in [2.05, 4.69) is 10.4 Å². The van der Waals surface area contributed by atoms with Gasteiger partial charge in [-0.2, -0.15) is 5.10 Å². The summed E-state index contributed by atoms with van der Waals surface area (Å²) in [6, 6.07) is 0.441. The van der Waals surface area contributed by atoms with E-state index < -0.39 is 5.54 Å². The molecule has 1 aromatic rings. The number of aryl methyl sites for hydroxylation is 1. The van der Waals surface area contributed by atoms with Crippen LogP contribution < -0.4 is 5.32 Å². The lowest BCUT2D eigenvalue weighted by atomic mass is 10.0. The second-order valence-corrected chi connectivity index (χ2v) is 5.19. The van der Waals surface area contributed by atoms with E-state index in [0.717, 1.165) is 18.4 Å². The molecule has 0 aliphatic heterocycles. The molecule has 1 atom stereocenters. The van der Waals surface area contributed by atoms with Gasteiger partial charge in [-0.15, -0.1) is 0 Å². The molecule has 1 aliphatic rings. The van der Waals surface area contributed by atoms with Crippen molar-refractivity contribution in [2.45, 2.75) is 51.7 Å². The maximum Gasteiger partial charge on any atom is 0.327 e. The van der Waals surface area contributed by atoms with Gasteiger partial charge in [-0.1, -0.05) is 0 Å². The minimum atomic E-state index is -0.699. The third-order valence-corrected chi connectivity index (χ3v) is 3.07. The molecule has 5 heteroatoms. The van der Waals surface area contributed by atoms with Gasteiger partial charge in [-0.25, -0.2) is 4.79 Å². The van der Waals surface area contributed by atoms with Gasteiger partial charge in [-0.05, 0) is 39.2 Å². The largest absolute Gasteiger partial charge is 0.465 e. The normalized spacial score (nSPS) is 18.4. The van der Waals surface area contributed by atoms with Gasteiger partial charge in [0.25, 0.3) is 0 Å². The molecule has 1 aliphatic carbocycles. The highest BCUT2D eigenvalue weighted by atomic mass is 16.5. The maximum absolute atomic E-state index is 12.1. The van der Waals surface area contributed by atoms with E-state index in [-0.39, 0.29) is 5.97 Å². The van der Waals surface area contributed by atoms with Gasteiger partial charge in [-0.3, -0.25) is 10.00 Å². The second-order valence-electron chi connectivity index (χ2n) is 5.19. The van der Waals surface area contributed by atoms with Gasteiger partial charge < -0.3 is 4.74 Å². The summed E-state index contributed by atoms with van der Waals surface area (Å²) in [6.45, 7) is 6.60. The lowest BCUT2D eigenvalue weighted by molar-refractivity contribution is -0.151. The molecule has 1 N–H and O–H groups in total. The highest BCUT2D eigenvalue weighted by Crippen LogP contribution is 2.24. The number of nitrogens with one attached hydrogen (secondary N) is 1. The van der Waals surface area contributed by atoms with Gasteiger partial charge >= 0.3 is 5.97 Å². The Hall–Kier alpha value is -1.36. The average Bonchev–Trinajstić information content (AvgIpc) is 3.01. The van der Waals surface area contributed by atoms with Crippen molar-refractivity contribution in [3.63, 3.8) is 0 Å². The van der Waals surface area contributed by atoms with Crippen LogP contribution in [0, 0.1) is 6.92 Å². The van der Waals surface area contributed by atoms with Crippen LogP contribution in [-0.2, 0) is 16.1 Å². The molecule has 100 valence electrons. The zero-order valence-electron chi connectivity index (χ0n) is 11.3. The average molecular weight is 251 g/mol. The van der Waals surface area contributed by atoms with E-state index in [1.165, 1.54) is 0 Å². The van der Waals surface area contributed by atoms with E-state index in [0.29, 0.717) is 19.2 Å². The smallest absolute Gasteiger partial charge is 0.327 e. The molecule has 1 heterocycles. The zero-order chi connectivity index (χ0) is 13.2. The highest BCUT2D eigenvalue weighted by Gasteiger charge is 2.40. The molecule has 0 radical (unpaired) electrons. The van der Waals surface area contributed by atoms with Gasteiger partial charge in [0.15, 0.2) is 0 Å². The van der Waals surface area contributed by atoms with Crippen LogP contribution >= 0.6 is 0 Å². The van der Waals surface area contributed by atoms with Crippen molar-refractivity contribution in [1.29, 1.82) is 0 Å².